The summed E-state index contributed by atoms with van der Waals surface area (Å²) >= 11 is 3.42. The zero-order valence-electron chi connectivity index (χ0n) is 11.1. The van der Waals surface area contributed by atoms with Gasteiger partial charge in [0.05, 0.1) is 6.04 Å². The predicted molar refractivity (Wildman–Crippen MR) is 83.5 cm³/mol. The van der Waals surface area contributed by atoms with E-state index in [0.717, 1.165) is 15.7 Å². The molecule has 102 valence electrons. The molecule has 1 aliphatic rings. The Hall–Kier alpha value is -1.65. The molecule has 0 spiro atoms. The van der Waals surface area contributed by atoms with Crippen LogP contribution in [0.25, 0.3) is 0 Å². The van der Waals surface area contributed by atoms with Gasteiger partial charge in [-0.05, 0) is 36.8 Å². The van der Waals surface area contributed by atoms with Crippen LogP contribution in [0, 0.1) is 6.92 Å². The molecule has 1 heterocycles. The summed E-state index contributed by atoms with van der Waals surface area (Å²) < 4.78 is 1.02. The second kappa shape index (κ2) is 5.04. The molecule has 0 unspecified atom stereocenters. The summed E-state index contributed by atoms with van der Waals surface area (Å²) in [6.45, 7) is 2.03. The van der Waals surface area contributed by atoms with Gasteiger partial charge in [0.2, 0.25) is 5.91 Å². The minimum Gasteiger partial charge on any atom is -0.318 e. The number of amides is 1. The van der Waals surface area contributed by atoms with Crippen LogP contribution in [-0.4, -0.2) is 11.9 Å². The molecular formula is C16H15BrN2O. The Kier molecular flexibility index (Phi) is 3.36. The number of aryl methyl sites for hydroxylation is 1. The molecule has 0 aromatic heterocycles. The van der Waals surface area contributed by atoms with Crippen LogP contribution in [0.2, 0.25) is 0 Å². The van der Waals surface area contributed by atoms with E-state index in [-0.39, 0.29) is 11.9 Å². The van der Waals surface area contributed by atoms with Crippen LogP contribution in [0.15, 0.2) is 53.0 Å². The Bertz CT molecular complexity index is 637. The Morgan fingerprint density at radius 3 is 2.25 bits per heavy atom. The standard InChI is InChI=1S/C16H15BrN2O/c1-10-2-8-13(9-3-10)19-15(14(18)16(19)20)11-4-6-12(17)7-5-11/h2-9,14-15H,18H2,1H3/t14-,15+/m0/s1. The summed E-state index contributed by atoms with van der Waals surface area (Å²) in [6.07, 6.45) is 0. The van der Waals surface area contributed by atoms with Gasteiger partial charge in [0, 0.05) is 10.2 Å². The summed E-state index contributed by atoms with van der Waals surface area (Å²) in [5.41, 5.74) is 9.12. The van der Waals surface area contributed by atoms with E-state index in [1.54, 1.807) is 4.90 Å². The molecule has 1 fully saturated rings. The van der Waals surface area contributed by atoms with Gasteiger partial charge in [0.1, 0.15) is 6.04 Å². The Labute approximate surface area is 126 Å². The van der Waals surface area contributed by atoms with Crippen molar-refractivity contribution in [3.05, 3.63) is 64.1 Å². The molecule has 2 aromatic carbocycles. The fourth-order valence-corrected chi connectivity index (χ4v) is 2.79. The van der Waals surface area contributed by atoms with Crippen molar-refractivity contribution < 1.29 is 4.79 Å². The molecule has 1 amide bonds. The maximum Gasteiger partial charge on any atom is 0.247 e. The Morgan fingerprint density at radius 1 is 1.05 bits per heavy atom. The first-order chi connectivity index (χ1) is 9.58. The van der Waals surface area contributed by atoms with Crippen molar-refractivity contribution in [3.8, 4) is 0 Å². The SMILES string of the molecule is Cc1ccc(N2C(=O)[C@@H](N)[C@H]2c2ccc(Br)cc2)cc1. The molecule has 20 heavy (non-hydrogen) atoms. The van der Waals surface area contributed by atoms with E-state index in [0.29, 0.717) is 0 Å². The maximum absolute atomic E-state index is 12.1. The molecular weight excluding hydrogens is 316 g/mol. The third-order valence-corrected chi connectivity index (χ3v) is 4.19. The van der Waals surface area contributed by atoms with E-state index in [4.69, 9.17) is 5.73 Å². The van der Waals surface area contributed by atoms with E-state index < -0.39 is 6.04 Å². The number of hydrogen-bond acceptors (Lipinski definition) is 2. The first kappa shape index (κ1) is 13.3. The Morgan fingerprint density at radius 2 is 1.65 bits per heavy atom. The molecule has 3 rings (SSSR count). The molecule has 0 saturated carbocycles. The fraction of sp³-hybridized carbons (Fsp3) is 0.188. The zero-order chi connectivity index (χ0) is 14.3. The van der Waals surface area contributed by atoms with Crippen molar-refractivity contribution >= 4 is 27.5 Å². The zero-order valence-corrected chi connectivity index (χ0v) is 12.7. The molecule has 0 aliphatic carbocycles. The lowest BCUT2D eigenvalue weighted by Gasteiger charge is -2.45. The molecule has 2 aromatic rings. The lowest BCUT2D eigenvalue weighted by Crippen LogP contribution is -2.63. The molecule has 3 nitrogen and oxygen atoms in total. The molecule has 0 bridgehead atoms. The van der Waals surface area contributed by atoms with Crippen molar-refractivity contribution in [2.45, 2.75) is 19.0 Å². The summed E-state index contributed by atoms with van der Waals surface area (Å²) in [6, 6.07) is 15.3. The van der Waals surface area contributed by atoms with Gasteiger partial charge in [-0.2, -0.15) is 0 Å². The van der Waals surface area contributed by atoms with E-state index in [1.807, 2.05) is 55.5 Å². The lowest BCUT2D eigenvalue weighted by molar-refractivity contribution is -0.126. The number of hydrogen-bond donors (Lipinski definition) is 1. The van der Waals surface area contributed by atoms with E-state index >= 15 is 0 Å². The number of nitrogens with zero attached hydrogens (tertiary/aromatic N) is 1. The summed E-state index contributed by atoms with van der Waals surface area (Å²) in [4.78, 5) is 13.9. The van der Waals surface area contributed by atoms with Gasteiger partial charge < -0.3 is 10.6 Å². The van der Waals surface area contributed by atoms with Crippen LogP contribution in [0.4, 0.5) is 5.69 Å². The topological polar surface area (TPSA) is 46.3 Å². The van der Waals surface area contributed by atoms with Crippen LogP contribution < -0.4 is 10.6 Å². The smallest absolute Gasteiger partial charge is 0.247 e. The van der Waals surface area contributed by atoms with Gasteiger partial charge >= 0.3 is 0 Å². The number of carbonyl (C=O) groups excluding carboxylic acids is 1. The molecule has 1 saturated heterocycles. The summed E-state index contributed by atoms with van der Waals surface area (Å²) in [5, 5.41) is 0. The van der Waals surface area contributed by atoms with Gasteiger partial charge in [0.25, 0.3) is 0 Å². The number of benzene rings is 2. The maximum atomic E-state index is 12.1. The average molecular weight is 331 g/mol. The number of halogens is 1. The van der Waals surface area contributed by atoms with Crippen LogP contribution in [0.3, 0.4) is 0 Å². The highest BCUT2D eigenvalue weighted by atomic mass is 79.9. The van der Waals surface area contributed by atoms with Crippen LogP contribution >= 0.6 is 15.9 Å². The van der Waals surface area contributed by atoms with E-state index in [2.05, 4.69) is 15.9 Å². The number of carbonyl (C=O) groups is 1. The van der Waals surface area contributed by atoms with Crippen molar-refractivity contribution in [2.75, 3.05) is 4.90 Å². The molecule has 0 radical (unpaired) electrons. The van der Waals surface area contributed by atoms with E-state index in [9.17, 15) is 4.79 Å². The van der Waals surface area contributed by atoms with Crippen molar-refractivity contribution in [3.63, 3.8) is 0 Å². The molecule has 2 atom stereocenters. The van der Waals surface area contributed by atoms with E-state index in [1.165, 1.54) is 5.56 Å². The highest BCUT2D eigenvalue weighted by molar-refractivity contribution is 9.10. The van der Waals surface area contributed by atoms with Gasteiger partial charge in [-0.15, -0.1) is 0 Å². The highest BCUT2D eigenvalue weighted by Crippen LogP contribution is 2.38. The molecule has 2 N–H and O–H groups in total. The fourth-order valence-electron chi connectivity index (χ4n) is 2.52. The second-order valence-electron chi connectivity index (χ2n) is 5.07. The summed E-state index contributed by atoms with van der Waals surface area (Å²) in [7, 11) is 0. The number of rotatable bonds is 2. The molecule has 1 aliphatic heterocycles. The number of β-lactam (4-membered cyclic amide) rings is 1. The quantitative estimate of drug-likeness (QED) is 0.859. The first-order valence-electron chi connectivity index (χ1n) is 6.49. The minimum absolute atomic E-state index is 0.0261. The largest absolute Gasteiger partial charge is 0.318 e. The average Bonchev–Trinajstić information content (AvgIpc) is 2.46. The van der Waals surface area contributed by atoms with Crippen molar-refractivity contribution in [1.82, 2.24) is 0 Å². The summed E-state index contributed by atoms with van der Waals surface area (Å²) in [5.74, 6) is -0.0261. The van der Waals surface area contributed by atoms with Crippen LogP contribution in [0.1, 0.15) is 17.2 Å². The predicted octanol–water partition coefficient (Wildman–Crippen LogP) is 3.17. The highest BCUT2D eigenvalue weighted by Gasteiger charge is 2.46. The monoisotopic (exact) mass is 330 g/mol. The van der Waals surface area contributed by atoms with Gasteiger partial charge in [-0.25, -0.2) is 0 Å². The third-order valence-electron chi connectivity index (χ3n) is 3.66. The van der Waals surface area contributed by atoms with Gasteiger partial charge in [-0.1, -0.05) is 45.8 Å². The van der Waals surface area contributed by atoms with Crippen LogP contribution in [-0.2, 0) is 4.79 Å². The van der Waals surface area contributed by atoms with Gasteiger partial charge in [-0.3, -0.25) is 4.79 Å². The third kappa shape index (κ3) is 2.15. The minimum atomic E-state index is -0.461. The van der Waals surface area contributed by atoms with Crippen molar-refractivity contribution in [2.24, 2.45) is 5.73 Å². The normalized spacial score (nSPS) is 21.8. The van der Waals surface area contributed by atoms with Crippen molar-refractivity contribution in [1.29, 1.82) is 0 Å². The lowest BCUT2D eigenvalue weighted by atomic mass is 9.88. The number of nitrogens with two attached hydrogens (primary N) is 1. The van der Waals surface area contributed by atoms with Gasteiger partial charge in [0.15, 0.2) is 0 Å². The van der Waals surface area contributed by atoms with Crippen LogP contribution in [0.5, 0.6) is 0 Å². The number of anilines is 1. The Balaban J connectivity index is 1.95. The first-order valence-corrected chi connectivity index (χ1v) is 7.28. The second-order valence-corrected chi connectivity index (χ2v) is 5.98. The molecule has 4 heteroatoms.